The van der Waals surface area contributed by atoms with E-state index in [1.54, 1.807) is 0 Å². The Labute approximate surface area is 205 Å². The molecular formula is C24H28O12. The molecule has 0 amide bonds. The number of carboxylic acid groups (broad SMARTS) is 1. The molecule has 196 valence electrons. The molecule has 12 heteroatoms. The van der Waals surface area contributed by atoms with Gasteiger partial charge in [0.05, 0.1) is 23.4 Å². The van der Waals surface area contributed by atoms with Crippen molar-refractivity contribution in [3.8, 4) is 0 Å². The van der Waals surface area contributed by atoms with E-state index in [2.05, 4.69) is 0 Å². The Kier molecular flexibility index (Phi) is 4.41. The van der Waals surface area contributed by atoms with Gasteiger partial charge in [0.2, 0.25) is 11.9 Å². The fourth-order valence-corrected chi connectivity index (χ4v) is 8.60. The van der Waals surface area contributed by atoms with Gasteiger partial charge in [0.1, 0.15) is 12.2 Å². The van der Waals surface area contributed by atoms with E-state index in [9.17, 15) is 29.4 Å². The predicted molar refractivity (Wildman–Crippen MR) is 113 cm³/mol. The lowest BCUT2D eigenvalue weighted by Crippen LogP contribution is -2.67. The average Bonchev–Trinajstić information content (AvgIpc) is 3.48. The molecule has 6 rings (SSSR count). The second-order valence-corrected chi connectivity index (χ2v) is 11.7. The summed E-state index contributed by atoms with van der Waals surface area (Å²) in [7, 11) is 0. The molecule has 0 bridgehead atoms. The minimum atomic E-state index is -2.29. The summed E-state index contributed by atoms with van der Waals surface area (Å²) in [5, 5.41) is 32.9. The number of esters is 3. The summed E-state index contributed by atoms with van der Waals surface area (Å²) in [5.74, 6) is -5.50. The van der Waals surface area contributed by atoms with E-state index >= 15 is 0 Å². The summed E-state index contributed by atoms with van der Waals surface area (Å²) in [6.45, 7) is 6.88. The largest absolute Gasteiger partial charge is 0.478 e. The zero-order valence-corrected chi connectivity index (χ0v) is 20.1. The van der Waals surface area contributed by atoms with Gasteiger partial charge >= 0.3 is 23.9 Å². The number of carboxylic acids is 1. The van der Waals surface area contributed by atoms with Crippen LogP contribution in [0.2, 0.25) is 0 Å². The Hall–Kier alpha value is -2.54. The van der Waals surface area contributed by atoms with Crippen LogP contribution in [0.1, 0.15) is 34.1 Å². The summed E-state index contributed by atoms with van der Waals surface area (Å²) in [6.07, 6.45) is -4.66. The molecule has 4 saturated heterocycles. The minimum absolute atomic E-state index is 0.209. The van der Waals surface area contributed by atoms with Crippen LogP contribution in [0, 0.1) is 28.1 Å². The summed E-state index contributed by atoms with van der Waals surface area (Å²) in [5.41, 5.74) is -8.38. The van der Waals surface area contributed by atoms with Gasteiger partial charge in [0.15, 0.2) is 17.8 Å². The van der Waals surface area contributed by atoms with Gasteiger partial charge in [-0.3, -0.25) is 4.79 Å². The van der Waals surface area contributed by atoms with Gasteiger partial charge < -0.3 is 39.0 Å². The van der Waals surface area contributed by atoms with E-state index < -0.39 is 93.9 Å². The van der Waals surface area contributed by atoms with Crippen molar-refractivity contribution in [2.75, 3.05) is 6.61 Å². The molecule has 11 atom stereocenters. The van der Waals surface area contributed by atoms with Crippen LogP contribution >= 0.6 is 0 Å². The third kappa shape index (κ3) is 2.08. The lowest BCUT2D eigenvalue weighted by molar-refractivity contribution is -0.240. The van der Waals surface area contributed by atoms with Crippen molar-refractivity contribution in [1.29, 1.82) is 0 Å². The van der Waals surface area contributed by atoms with Crippen molar-refractivity contribution in [3.63, 3.8) is 0 Å². The number of rotatable bonds is 4. The highest BCUT2D eigenvalue weighted by Crippen LogP contribution is 2.84. The van der Waals surface area contributed by atoms with E-state index in [4.69, 9.17) is 28.8 Å². The highest BCUT2D eigenvalue weighted by molar-refractivity contribution is 5.94. The lowest BCUT2D eigenvalue weighted by Gasteiger charge is -2.48. The van der Waals surface area contributed by atoms with Gasteiger partial charge in [-0.05, 0) is 24.7 Å². The van der Waals surface area contributed by atoms with Crippen molar-refractivity contribution >= 4 is 23.9 Å². The van der Waals surface area contributed by atoms with Crippen molar-refractivity contribution in [1.82, 2.24) is 0 Å². The number of carbonyl (C=O) groups is 4. The third-order valence-corrected chi connectivity index (χ3v) is 9.59. The molecule has 0 radical (unpaired) electrons. The minimum Gasteiger partial charge on any atom is -0.478 e. The van der Waals surface area contributed by atoms with Crippen molar-refractivity contribution in [2.24, 2.45) is 28.1 Å². The van der Waals surface area contributed by atoms with Crippen LogP contribution in [-0.2, 0) is 42.9 Å². The molecule has 4 heterocycles. The maximum Gasteiger partial charge on any atom is 0.343 e. The third-order valence-electron chi connectivity index (χ3n) is 9.59. The molecule has 3 unspecified atom stereocenters. The average molecular weight is 508 g/mol. The molecule has 2 spiro atoms. The molecule has 0 aromatic rings. The standard InChI is InChI=1S/C24H28O12/c1-9-16(28)34-14-13(27)22-11-8-10(20(2,3)4)21(22)15(32-7-5-6-12(25)26)17(29)35-19(21)36-24(22,18(30)33-11)23(9,14)31/h5-6,9-11,13-15,19,27,31H,7-8H2,1-4H3,(H,25,26)/b6-5+/t9?,10-,11?,13-,14-,15-,19-,21?,22-,23+,24+/m0/s1. The molecule has 6 aliphatic rings. The summed E-state index contributed by atoms with van der Waals surface area (Å²) in [6, 6.07) is 0. The molecule has 12 nitrogen and oxygen atoms in total. The van der Waals surface area contributed by atoms with Gasteiger partial charge in [0.25, 0.3) is 0 Å². The zero-order valence-electron chi connectivity index (χ0n) is 20.1. The Morgan fingerprint density at radius 2 is 1.86 bits per heavy atom. The first kappa shape index (κ1) is 23.8. The summed E-state index contributed by atoms with van der Waals surface area (Å²) < 4.78 is 29.1. The van der Waals surface area contributed by atoms with Crippen LogP contribution in [0.5, 0.6) is 0 Å². The Morgan fingerprint density at radius 3 is 2.50 bits per heavy atom. The number of hydrogen-bond acceptors (Lipinski definition) is 11. The number of aliphatic carboxylic acids is 1. The first-order valence-corrected chi connectivity index (χ1v) is 11.9. The topological polar surface area (TPSA) is 175 Å². The predicted octanol–water partition coefficient (Wildman–Crippen LogP) is -0.704. The molecule has 2 saturated carbocycles. The molecule has 3 N–H and O–H groups in total. The van der Waals surface area contributed by atoms with E-state index in [-0.39, 0.29) is 13.0 Å². The Bertz CT molecular complexity index is 1120. The number of ether oxygens (including phenoxy) is 5. The number of aliphatic hydroxyl groups is 2. The van der Waals surface area contributed by atoms with Crippen LogP contribution in [0.3, 0.4) is 0 Å². The smallest absolute Gasteiger partial charge is 0.343 e. The van der Waals surface area contributed by atoms with Gasteiger partial charge in [-0.2, -0.15) is 0 Å². The Balaban J connectivity index is 1.60. The van der Waals surface area contributed by atoms with Crippen LogP contribution in [-0.4, -0.2) is 87.7 Å². The first-order valence-electron chi connectivity index (χ1n) is 11.9. The fourth-order valence-electron chi connectivity index (χ4n) is 8.60. The molecule has 4 aliphatic heterocycles. The molecule has 36 heavy (non-hydrogen) atoms. The number of fused-ring (bicyclic) bond motifs is 1. The van der Waals surface area contributed by atoms with Crippen LogP contribution in [0.15, 0.2) is 12.2 Å². The van der Waals surface area contributed by atoms with E-state index in [1.807, 2.05) is 20.8 Å². The Morgan fingerprint density at radius 1 is 1.17 bits per heavy atom. The number of aliphatic hydroxyl groups excluding tert-OH is 1. The molecule has 0 aromatic heterocycles. The SMILES string of the molecule is CC1C(=O)O[C@H]2[C@H](O)[C@@]34C5C[C@@H](C(C)(C)C)C36[C@@H](OC(=O)[C@@H]6OC/C=C/C(=O)O)O[C@@]4(C(=O)O5)[C@@]12O. The van der Waals surface area contributed by atoms with Crippen molar-refractivity contribution in [2.45, 2.75) is 76.0 Å². The van der Waals surface area contributed by atoms with E-state index in [1.165, 1.54) is 13.0 Å². The number of hydrogen-bond donors (Lipinski definition) is 3. The molecule has 2 aliphatic carbocycles. The fraction of sp³-hybridized carbons (Fsp3) is 0.750. The number of carbonyl (C=O) groups excluding carboxylic acids is 3. The van der Waals surface area contributed by atoms with Gasteiger partial charge in [-0.15, -0.1) is 0 Å². The highest BCUT2D eigenvalue weighted by Gasteiger charge is 3.04. The van der Waals surface area contributed by atoms with E-state index in [0.717, 1.165) is 6.08 Å². The van der Waals surface area contributed by atoms with E-state index in [0.29, 0.717) is 0 Å². The van der Waals surface area contributed by atoms with Crippen molar-refractivity contribution in [3.05, 3.63) is 12.2 Å². The second kappa shape index (κ2) is 6.66. The van der Waals surface area contributed by atoms with Gasteiger partial charge in [-0.1, -0.05) is 26.8 Å². The summed E-state index contributed by atoms with van der Waals surface area (Å²) >= 11 is 0. The monoisotopic (exact) mass is 508 g/mol. The van der Waals surface area contributed by atoms with Gasteiger partial charge in [0, 0.05) is 6.08 Å². The van der Waals surface area contributed by atoms with Crippen LogP contribution in [0.4, 0.5) is 0 Å². The van der Waals surface area contributed by atoms with Crippen LogP contribution in [0.25, 0.3) is 0 Å². The van der Waals surface area contributed by atoms with Crippen molar-refractivity contribution < 1.29 is 58.2 Å². The molecular weight excluding hydrogens is 480 g/mol. The molecule has 0 aromatic carbocycles. The second-order valence-electron chi connectivity index (χ2n) is 11.7. The normalized spacial score (nSPS) is 52.2. The van der Waals surface area contributed by atoms with Gasteiger partial charge in [-0.25, -0.2) is 14.4 Å². The lowest BCUT2D eigenvalue weighted by atomic mass is 9.51. The summed E-state index contributed by atoms with van der Waals surface area (Å²) in [4.78, 5) is 50.4. The maximum absolute atomic E-state index is 13.7. The quantitative estimate of drug-likeness (QED) is 0.248. The first-order chi connectivity index (χ1) is 16.7. The molecule has 6 fully saturated rings. The maximum atomic E-state index is 13.7. The highest BCUT2D eigenvalue weighted by atomic mass is 16.8. The van der Waals surface area contributed by atoms with Crippen LogP contribution < -0.4 is 0 Å². The zero-order chi connectivity index (χ0) is 26.2.